The Morgan fingerprint density at radius 3 is 2.41 bits per heavy atom. The molecule has 0 saturated carbocycles. The average Bonchev–Trinajstić information content (AvgIpc) is 2.20. The van der Waals surface area contributed by atoms with Crippen LogP contribution in [0.5, 0.6) is 0 Å². The van der Waals surface area contributed by atoms with Crippen molar-refractivity contribution in [3.8, 4) is 0 Å². The molecule has 17 heavy (non-hydrogen) atoms. The molecular weight excluding hydrogens is 244 g/mol. The number of hydrogen-bond donors (Lipinski definition) is 0. The molecule has 0 aliphatic rings. The van der Waals surface area contributed by atoms with E-state index in [0.717, 1.165) is 18.2 Å². The standard InChI is InChI=1S/C12H15F2NOS/c1-8(15-17(16)12(2,3)4)10-7-9(13)5-6-11(10)14/h5-7H,1-4H3/b15-8+. The molecule has 1 rings (SSSR count). The van der Waals surface area contributed by atoms with Crippen LogP contribution in [0.2, 0.25) is 0 Å². The van der Waals surface area contributed by atoms with Crippen LogP contribution >= 0.6 is 0 Å². The van der Waals surface area contributed by atoms with Crippen LogP contribution in [0.4, 0.5) is 8.78 Å². The molecule has 94 valence electrons. The van der Waals surface area contributed by atoms with Crippen molar-refractivity contribution in [2.45, 2.75) is 32.4 Å². The van der Waals surface area contributed by atoms with Gasteiger partial charge in [0.05, 0.1) is 10.5 Å². The summed E-state index contributed by atoms with van der Waals surface area (Å²) in [7, 11) is -1.48. The van der Waals surface area contributed by atoms with Crippen molar-refractivity contribution in [3.05, 3.63) is 35.4 Å². The zero-order valence-corrected chi connectivity index (χ0v) is 11.1. The quantitative estimate of drug-likeness (QED) is 0.750. The third-order valence-corrected chi connectivity index (χ3v) is 3.55. The van der Waals surface area contributed by atoms with E-state index < -0.39 is 27.4 Å². The highest BCUT2D eigenvalue weighted by Gasteiger charge is 2.19. The zero-order valence-electron chi connectivity index (χ0n) is 10.3. The Bertz CT molecular complexity index is 478. The van der Waals surface area contributed by atoms with E-state index in [9.17, 15) is 13.0 Å². The number of hydrogen-bond acceptors (Lipinski definition) is 1. The van der Waals surface area contributed by atoms with Crippen LogP contribution in [0.1, 0.15) is 33.3 Å². The van der Waals surface area contributed by atoms with Gasteiger partial charge in [0.25, 0.3) is 0 Å². The second kappa shape index (κ2) is 5.04. The van der Waals surface area contributed by atoms with E-state index in [1.54, 1.807) is 20.8 Å². The molecule has 0 fully saturated rings. The highest BCUT2D eigenvalue weighted by Crippen LogP contribution is 2.16. The Kier molecular flexibility index (Phi) is 4.14. The van der Waals surface area contributed by atoms with Crippen LogP contribution in [0.25, 0.3) is 0 Å². The molecule has 0 radical (unpaired) electrons. The van der Waals surface area contributed by atoms with E-state index in [4.69, 9.17) is 0 Å². The van der Waals surface area contributed by atoms with Crippen LogP contribution in [0, 0.1) is 11.6 Å². The maximum Gasteiger partial charge on any atom is 0.145 e. The lowest BCUT2D eigenvalue weighted by Gasteiger charge is -2.14. The van der Waals surface area contributed by atoms with Crippen molar-refractivity contribution >= 4 is 16.7 Å². The molecule has 1 unspecified atom stereocenters. The lowest BCUT2D eigenvalue weighted by atomic mass is 10.1. The van der Waals surface area contributed by atoms with Gasteiger partial charge in [0.15, 0.2) is 0 Å². The third-order valence-electron chi connectivity index (χ3n) is 2.06. The minimum atomic E-state index is -1.48. The predicted molar refractivity (Wildman–Crippen MR) is 66.5 cm³/mol. The SMILES string of the molecule is C/C(=N\S(=O)C(C)(C)C)c1cc(F)ccc1F. The summed E-state index contributed by atoms with van der Waals surface area (Å²) >= 11 is 0. The Hall–Kier alpha value is -1.10. The number of benzene rings is 1. The van der Waals surface area contributed by atoms with Crippen molar-refractivity contribution in [2.75, 3.05) is 0 Å². The molecule has 1 aromatic rings. The molecule has 0 aliphatic carbocycles. The van der Waals surface area contributed by atoms with Gasteiger partial charge in [0.1, 0.15) is 22.6 Å². The molecule has 0 bridgehead atoms. The first kappa shape index (κ1) is 14.0. The van der Waals surface area contributed by atoms with Crippen LogP contribution in [0.15, 0.2) is 22.6 Å². The summed E-state index contributed by atoms with van der Waals surface area (Å²) < 4.78 is 41.5. The predicted octanol–water partition coefficient (Wildman–Crippen LogP) is 3.24. The number of nitrogens with zero attached hydrogens (tertiary/aromatic N) is 1. The minimum Gasteiger partial charge on any atom is -0.234 e. The van der Waals surface area contributed by atoms with Crippen molar-refractivity contribution in [2.24, 2.45) is 4.40 Å². The number of rotatable bonds is 2. The summed E-state index contributed by atoms with van der Waals surface area (Å²) in [4.78, 5) is 0. The fraction of sp³-hybridized carbons (Fsp3) is 0.417. The van der Waals surface area contributed by atoms with Crippen molar-refractivity contribution in [1.82, 2.24) is 0 Å². The van der Waals surface area contributed by atoms with Crippen LogP contribution in [0.3, 0.4) is 0 Å². The molecule has 5 heteroatoms. The second-order valence-corrected chi connectivity index (χ2v) is 6.57. The molecular formula is C12H15F2NOS. The monoisotopic (exact) mass is 259 g/mol. The van der Waals surface area contributed by atoms with Crippen LogP contribution < -0.4 is 0 Å². The first-order chi connectivity index (χ1) is 7.71. The Morgan fingerprint density at radius 2 is 1.88 bits per heavy atom. The van der Waals surface area contributed by atoms with Crippen LogP contribution in [-0.4, -0.2) is 14.7 Å². The van der Waals surface area contributed by atoms with Gasteiger partial charge in [0, 0.05) is 5.56 Å². The maximum absolute atomic E-state index is 13.4. The Balaban J connectivity index is 3.12. The van der Waals surface area contributed by atoms with E-state index in [0.29, 0.717) is 0 Å². The van der Waals surface area contributed by atoms with Gasteiger partial charge in [-0.3, -0.25) is 0 Å². The largest absolute Gasteiger partial charge is 0.234 e. The van der Waals surface area contributed by atoms with Gasteiger partial charge < -0.3 is 0 Å². The average molecular weight is 259 g/mol. The molecule has 0 aliphatic heterocycles. The Morgan fingerprint density at radius 1 is 1.29 bits per heavy atom. The molecule has 0 heterocycles. The minimum absolute atomic E-state index is 0.0441. The van der Waals surface area contributed by atoms with Gasteiger partial charge in [0.2, 0.25) is 0 Å². The normalized spacial score (nSPS) is 14.8. The smallest absolute Gasteiger partial charge is 0.145 e. The summed E-state index contributed by atoms with van der Waals surface area (Å²) in [6.07, 6.45) is 0. The fourth-order valence-corrected chi connectivity index (χ4v) is 1.71. The first-order valence-corrected chi connectivity index (χ1v) is 6.25. The molecule has 1 atom stereocenters. The summed E-state index contributed by atoms with van der Waals surface area (Å²) in [5, 5.41) is 0. The van der Waals surface area contributed by atoms with E-state index >= 15 is 0 Å². The van der Waals surface area contributed by atoms with E-state index in [2.05, 4.69) is 4.40 Å². The van der Waals surface area contributed by atoms with Gasteiger partial charge in [-0.05, 0) is 45.9 Å². The molecule has 0 aromatic heterocycles. The van der Waals surface area contributed by atoms with Gasteiger partial charge in [-0.25, -0.2) is 13.0 Å². The second-order valence-electron chi connectivity index (χ2n) is 4.66. The van der Waals surface area contributed by atoms with E-state index in [-0.39, 0.29) is 11.3 Å². The maximum atomic E-state index is 13.4. The van der Waals surface area contributed by atoms with Gasteiger partial charge in [-0.15, -0.1) is 0 Å². The molecule has 0 spiro atoms. The highest BCUT2D eigenvalue weighted by atomic mass is 32.2. The fourth-order valence-electron chi connectivity index (χ4n) is 1.09. The van der Waals surface area contributed by atoms with E-state index in [1.807, 2.05) is 0 Å². The first-order valence-electron chi connectivity index (χ1n) is 5.14. The topological polar surface area (TPSA) is 29.4 Å². The molecule has 0 saturated heterocycles. The van der Waals surface area contributed by atoms with Gasteiger partial charge in [-0.1, -0.05) is 0 Å². The van der Waals surface area contributed by atoms with Crippen LogP contribution in [-0.2, 0) is 11.0 Å². The van der Waals surface area contributed by atoms with Crippen molar-refractivity contribution in [3.63, 3.8) is 0 Å². The van der Waals surface area contributed by atoms with Gasteiger partial charge >= 0.3 is 0 Å². The number of halogens is 2. The van der Waals surface area contributed by atoms with Crippen molar-refractivity contribution < 1.29 is 13.0 Å². The summed E-state index contributed by atoms with van der Waals surface area (Å²) in [5.74, 6) is -1.11. The van der Waals surface area contributed by atoms with Gasteiger partial charge in [-0.2, -0.15) is 4.40 Å². The summed E-state index contributed by atoms with van der Waals surface area (Å²) in [5.41, 5.74) is 0.276. The molecule has 0 N–H and O–H groups in total. The molecule has 0 amide bonds. The van der Waals surface area contributed by atoms with Crippen molar-refractivity contribution in [1.29, 1.82) is 0 Å². The zero-order chi connectivity index (χ0) is 13.2. The molecule has 2 nitrogen and oxygen atoms in total. The summed E-state index contributed by atoms with van der Waals surface area (Å²) in [6.45, 7) is 6.81. The highest BCUT2D eigenvalue weighted by molar-refractivity contribution is 7.85. The Labute approximate surface area is 102 Å². The third kappa shape index (κ3) is 3.70. The summed E-state index contributed by atoms with van der Waals surface area (Å²) in [6, 6.07) is 3.12. The lowest BCUT2D eigenvalue weighted by Crippen LogP contribution is -2.20. The molecule has 1 aromatic carbocycles. The lowest BCUT2D eigenvalue weighted by molar-refractivity contribution is 0.598. The van der Waals surface area contributed by atoms with E-state index in [1.165, 1.54) is 6.92 Å².